The second-order valence-corrected chi connectivity index (χ2v) is 7.07. The Morgan fingerprint density at radius 1 is 1.20 bits per heavy atom. The predicted molar refractivity (Wildman–Crippen MR) is 119 cm³/mol. The molecule has 30 heavy (non-hydrogen) atoms. The molecule has 2 amide bonds. The number of hydrogen-bond donors (Lipinski definition) is 2. The Kier molecular flexibility index (Phi) is 11.2. The van der Waals surface area contributed by atoms with Crippen LogP contribution in [0.1, 0.15) is 69.3 Å². The Bertz CT molecular complexity index is 820. The molecule has 0 aliphatic carbocycles. The average molecular weight is 419 g/mol. The molecule has 1 heterocycles. The Morgan fingerprint density at radius 2 is 1.90 bits per heavy atom. The number of hydrogen-bond acceptors (Lipinski definition) is 4. The van der Waals surface area contributed by atoms with E-state index in [1.807, 2.05) is 13.0 Å². The Labute approximate surface area is 178 Å². The summed E-state index contributed by atoms with van der Waals surface area (Å²) in [5.74, 6) is -0.315. The summed E-state index contributed by atoms with van der Waals surface area (Å²) >= 11 is 0. The van der Waals surface area contributed by atoms with Gasteiger partial charge in [-0.05, 0) is 44.3 Å². The van der Waals surface area contributed by atoms with E-state index in [9.17, 15) is 19.2 Å². The highest BCUT2D eigenvalue weighted by molar-refractivity contribution is 5.81. The van der Waals surface area contributed by atoms with E-state index in [0.717, 1.165) is 49.7 Å². The topological polar surface area (TPSA) is 102 Å². The van der Waals surface area contributed by atoms with Crippen LogP contribution in [0.15, 0.2) is 17.4 Å². The maximum absolute atomic E-state index is 13.0. The fourth-order valence-corrected chi connectivity index (χ4v) is 3.65. The zero-order valence-electron chi connectivity index (χ0n) is 18.3. The summed E-state index contributed by atoms with van der Waals surface area (Å²) in [5, 5.41) is 5.24. The lowest BCUT2D eigenvalue weighted by molar-refractivity contribution is -0.124. The number of carbonyl (C=O) groups is 3. The van der Waals surface area contributed by atoms with Crippen molar-refractivity contribution >= 4 is 30.3 Å². The first-order chi connectivity index (χ1) is 14.5. The van der Waals surface area contributed by atoms with Crippen LogP contribution in [0.25, 0.3) is 11.6 Å². The van der Waals surface area contributed by atoms with E-state index in [1.165, 1.54) is 11.6 Å². The number of carbonyl (C=O) groups excluding carboxylic acids is 3. The van der Waals surface area contributed by atoms with Gasteiger partial charge in [0.1, 0.15) is 12.3 Å². The summed E-state index contributed by atoms with van der Waals surface area (Å²) in [6.07, 6.45) is 10.2. The molecule has 1 unspecified atom stereocenters. The summed E-state index contributed by atoms with van der Waals surface area (Å²) in [6.45, 7) is 6.48. The van der Waals surface area contributed by atoms with E-state index in [4.69, 9.17) is 0 Å². The van der Waals surface area contributed by atoms with Gasteiger partial charge in [0.15, 0.2) is 0 Å². The molecule has 1 aromatic rings. The quantitative estimate of drug-likeness (QED) is 0.337. The lowest BCUT2D eigenvalue weighted by atomic mass is 10.0. The first kappa shape index (κ1) is 25.1. The summed E-state index contributed by atoms with van der Waals surface area (Å²) in [6, 6.07) is -0.774. The van der Waals surface area contributed by atoms with E-state index in [0.29, 0.717) is 18.6 Å². The molecule has 0 spiro atoms. The highest BCUT2D eigenvalue weighted by Crippen LogP contribution is 2.27. The van der Waals surface area contributed by atoms with Gasteiger partial charge < -0.3 is 15.4 Å². The zero-order valence-corrected chi connectivity index (χ0v) is 18.3. The number of likely N-dealkylation sites (N-methyl/N-ethyl adjacent to an activating group) is 1. The minimum Gasteiger partial charge on any atom is -0.359 e. The first-order valence-electron chi connectivity index (χ1n) is 10.4. The fraction of sp³-hybridized carbons (Fsp3) is 0.545. The maximum Gasteiger partial charge on any atom is 0.329 e. The van der Waals surface area contributed by atoms with Crippen molar-refractivity contribution in [3.8, 4) is 0 Å². The standard InChI is InChI=1S/C22H34N4O4/c1-5-17(12-9-7-8-10-14-24-16-28)20-18(6-2)26(22(30)25(20)4)19(13-11-15-27)21(29)23-3/h5-6,15-16,19H,2,7-14H2,1,3-4H3,(H,23,29)(H,24,28)/b17-5-. The van der Waals surface area contributed by atoms with Crippen LogP contribution >= 0.6 is 0 Å². The van der Waals surface area contributed by atoms with Crippen LogP contribution in [0, 0.1) is 0 Å². The average Bonchev–Trinajstić information content (AvgIpc) is 3.00. The number of aldehydes is 1. The van der Waals surface area contributed by atoms with E-state index in [-0.39, 0.29) is 24.4 Å². The zero-order chi connectivity index (χ0) is 22.5. The smallest absolute Gasteiger partial charge is 0.329 e. The molecule has 166 valence electrons. The second-order valence-electron chi connectivity index (χ2n) is 7.07. The number of nitrogens with zero attached hydrogens (tertiary/aromatic N) is 2. The van der Waals surface area contributed by atoms with Gasteiger partial charge in [-0.15, -0.1) is 0 Å². The Hall–Kier alpha value is -2.90. The number of amides is 2. The minimum absolute atomic E-state index is 0.181. The number of imidazole rings is 1. The summed E-state index contributed by atoms with van der Waals surface area (Å²) in [4.78, 5) is 46.6. The van der Waals surface area contributed by atoms with Crippen LogP contribution in [0.5, 0.6) is 0 Å². The number of aromatic nitrogens is 2. The number of allylic oxidation sites excluding steroid dienone is 2. The number of nitrogens with one attached hydrogen (secondary N) is 2. The third-order valence-electron chi connectivity index (χ3n) is 5.20. The molecular formula is C22H34N4O4. The van der Waals surface area contributed by atoms with Crippen molar-refractivity contribution in [2.45, 2.75) is 57.9 Å². The van der Waals surface area contributed by atoms with Crippen LogP contribution in [-0.2, 0) is 21.4 Å². The Morgan fingerprint density at radius 3 is 2.47 bits per heavy atom. The predicted octanol–water partition coefficient (Wildman–Crippen LogP) is 2.20. The lowest BCUT2D eigenvalue weighted by Crippen LogP contribution is -2.36. The molecule has 8 nitrogen and oxygen atoms in total. The molecule has 0 radical (unpaired) electrons. The Balaban J connectivity index is 3.14. The largest absolute Gasteiger partial charge is 0.359 e. The summed E-state index contributed by atoms with van der Waals surface area (Å²) < 4.78 is 3.00. The second kappa shape index (κ2) is 13.3. The van der Waals surface area contributed by atoms with Crippen molar-refractivity contribution in [3.05, 3.63) is 34.5 Å². The van der Waals surface area contributed by atoms with Crippen LogP contribution < -0.4 is 16.3 Å². The van der Waals surface area contributed by atoms with Gasteiger partial charge in [-0.2, -0.15) is 0 Å². The number of rotatable bonds is 15. The van der Waals surface area contributed by atoms with E-state index >= 15 is 0 Å². The molecule has 0 saturated carbocycles. The van der Waals surface area contributed by atoms with Crippen molar-refractivity contribution in [2.24, 2.45) is 7.05 Å². The van der Waals surface area contributed by atoms with Crippen molar-refractivity contribution in [2.75, 3.05) is 13.6 Å². The molecule has 0 aliphatic rings. The molecule has 1 atom stereocenters. The van der Waals surface area contributed by atoms with Gasteiger partial charge in [0.05, 0.1) is 11.4 Å². The highest BCUT2D eigenvalue weighted by Gasteiger charge is 2.27. The van der Waals surface area contributed by atoms with Crippen LogP contribution in [-0.4, -0.2) is 41.3 Å². The molecule has 0 saturated heterocycles. The fourth-order valence-electron chi connectivity index (χ4n) is 3.65. The van der Waals surface area contributed by atoms with Crippen LogP contribution in [0.2, 0.25) is 0 Å². The van der Waals surface area contributed by atoms with Crippen molar-refractivity contribution in [1.29, 1.82) is 0 Å². The monoisotopic (exact) mass is 418 g/mol. The van der Waals surface area contributed by atoms with Gasteiger partial charge >= 0.3 is 5.69 Å². The third kappa shape index (κ3) is 6.30. The highest BCUT2D eigenvalue weighted by atomic mass is 16.2. The van der Waals surface area contributed by atoms with E-state index < -0.39 is 6.04 Å². The third-order valence-corrected chi connectivity index (χ3v) is 5.20. The molecule has 2 N–H and O–H groups in total. The lowest BCUT2D eigenvalue weighted by Gasteiger charge is -2.17. The van der Waals surface area contributed by atoms with E-state index in [2.05, 4.69) is 17.2 Å². The summed E-state index contributed by atoms with van der Waals surface area (Å²) in [5.41, 5.74) is 2.05. The van der Waals surface area contributed by atoms with Gasteiger partial charge in [0.2, 0.25) is 12.3 Å². The minimum atomic E-state index is -0.774. The van der Waals surface area contributed by atoms with Crippen molar-refractivity contribution in [1.82, 2.24) is 19.8 Å². The van der Waals surface area contributed by atoms with Gasteiger partial charge in [-0.1, -0.05) is 25.5 Å². The van der Waals surface area contributed by atoms with Gasteiger partial charge in [0, 0.05) is 27.1 Å². The van der Waals surface area contributed by atoms with Gasteiger partial charge in [-0.3, -0.25) is 18.7 Å². The molecule has 1 rings (SSSR count). The van der Waals surface area contributed by atoms with Crippen molar-refractivity contribution in [3.63, 3.8) is 0 Å². The van der Waals surface area contributed by atoms with Gasteiger partial charge in [0.25, 0.3) is 0 Å². The van der Waals surface area contributed by atoms with Crippen molar-refractivity contribution < 1.29 is 14.4 Å². The molecule has 0 aromatic carbocycles. The maximum atomic E-state index is 13.0. The molecular weight excluding hydrogens is 384 g/mol. The summed E-state index contributed by atoms with van der Waals surface area (Å²) in [7, 11) is 3.21. The van der Waals surface area contributed by atoms with E-state index in [1.54, 1.807) is 17.7 Å². The normalized spacial score (nSPS) is 12.3. The van der Waals surface area contributed by atoms with Crippen LogP contribution in [0.4, 0.5) is 0 Å². The molecule has 0 fully saturated rings. The first-order valence-corrected chi connectivity index (χ1v) is 10.4. The SMILES string of the molecule is C=Cc1c(/C(=C\C)CCCCCCNC=O)n(C)c(=O)n1C(CCC=O)C(=O)NC. The molecule has 8 heteroatoms. The molecule has 0 bridgehead atoms. The van der Waals surface area contributed by atoms with Gasteiger partial charge in [-0.25, -0.2) is 4.79 Å². The van der Waals surface area contributed by atoms with Crippen LogP contribution in [0.3, 0.4) is 0 Å². The number of unbranched alkanes of at least 4 members (excludes halogenated alkanes) is 3. The molecule has 0 aliphatic heterocycles. The molecule has 1 aromatic heterocycles.